The van der Waals surface area contributed by atoms with E-state index in [1.54, 1.807) is 18.2 Å². The van der Waals surface area contributed by atoms with Crippen molar-refractivity contribution in [2.75, 3.05) is 0 Å². The molecular formula is C16H14Cl2N4O. The number of aromatic nitrogens is 1. The van der Waals surface area contributed by atoms with Gasteiger partial charge in [0.1, 0.15) is 6.42 Å². The highest BCUT2D eigenvalue weighted by molar-refractivity contribution is 6.35. The lowest BCUT2D eigenvalue weighted by Crippen LogP contribution is -2.16. The monoisotopic (exact) mass is 348 g/mol. The Hall–Kier alpha value is -2.29. The molecule has 0 bridgehead atoms. The lowest BCUT2D eigenvalue weighted by molar-refractivity contribution is -0.120. The maximum Gasteiger partial charge on any atom is 0.254 e. The number of nitrogens with zero attached hydrogens (tertiary/aromatic N) is 3. The number of hydrogen-bond donors (Lipinski definition) is 1. The second-order valence-corrected chi connectivity index (χ2v) is 5.73. The number of hydrazone groups is 1. The third kappa shape index (κ3) is 3.92. The van der Waals surface area contributed by atoms with Gasteiger partial charge in [-0.15, -0.1) is 0 Å². The second-order valence-electron chi connectivity index (χ2n) is 4.89. The number of aryl methyl sites for hydroxylation is 1. The summed E-state index contributed by atoms with van der Waals surface area (Å²) in [5.74, 6) is -0.446. The van der Waals surface area contributed by atoms with Crippen LogP contribution in [0.3, 0.4) is 0 Å². The van der Waals surface area contributed by atoms with E-state index in [1.807, 2.05) is 30.5 Å². The van der Waals surface area contributed by atoms with Crippen molar-refractivity contribution in [3.05, 3.63) is 51.3 Å². The van der Waals surface area contributed by atoms with Crippen LogP contribution in [0.15, 0.2) is 29.4 Å². The number of halogens is 2. The largest absolute Gasteiger partial charge is 0.316 e. The first-order valence-electron chi connectivity index (χ1n) is 6.77. The van der Waals surface area contributed by atoms with E-state index >= 15 is 0 Å². The summed E-state index contributed by atoms with van der Waals surface area (Å²) >= 11 is 12.2. The van der Waals surface area contributed by atoms with Crippen molar-refractivity contribution in [1.82, 2.24) is 9.99 Å². The van der Waals surface area contributed by atoms with E-state index in [2.05, 4.69) is 10.5 Å². The van der Waals surface area contributed by atoms with Crippen molar-refractivity contribution in [1.29, 1.82) is 5.26 Å². The van der Waals surface area contributed by atoms with Crippen LogP contribution in [0.1, 0.15) is 23.4 Å². The fraction of sp³-hybridized carbons (Fsp3) is 0.188. The number of hydrogen-bond acceptors (Lipinski definition) is 3. The van der Waals surface area contributed by atoms with E-state index < -0.39 is 5.91 Å². The molecule has 0 atom stereocenters. The summed E-state index contributed by atoms with van der Waals surface area (Å²) in [6, 6.07) is 9.00. The number of benzene rings is 1. The predicted octanol–water partition coefficient (Wildman–Crippen LogP) is 3.76. The molecule has 1 aromatic carbocycles. The lowest BCUT2D eigenvalue weighted by atomic mass is 10.2. The van der Waals surface area contributed by atoms with Gasteiger partial charge in [-0.1, -0.05) is 23.2 Å². The molecule has 0 aliphatic heterocycles. The van der Waals surface area contributed by atoms with Gasteiger partial charge in [0.15, 0.2) is 0 Å². The zero-order valence-electron chi connectivity index (χ0n) is 12.6. The Morgan fingerprint density at radius 1 is 1.39 bits per heavy atom. The van der Waals surface area contributed by atoms with Crippen LogP contribution in [0.4, 0.5) is 0 Å². The molecule has 2 aromatic rings. The number of carbonyl (C=O) groups is 1. The Morgan fingerprint density at radius 3 is 2.78 bits per heavy atom. The van der Waals surface area contributed by atoms with Gasteiger partial charge in [0, 0.05) is 22.0 Å². The average Bonchev–Trinajstić information content (AvgIpc) is 2.75. The van der Waals surface area contributed by atoms with Crippen molar-refractivity contribution in [2.24, 2.45) is 5.10 Å². The van der Waals surface area contributed by atoms with Gasteiger partial charge in [0.05, 0.1) is 23.0 Å². The van der Waals surface area contributed by atoms with Crippen LogP contribution in [-0.2, 0) is 4.79 Å². The van der Waals surface area contributed by atoms with Gasteiger partial charge in [-0.05, 0) is 38.1 Å². The molecule has 0 aliphatic rings. The van der Waals surface area contributed by atoms with E-state index in [4.69, 9.17) is 28.5 Å². The SMILES string of the molecule is Cc1cc(/C=N\NC(=O)CC#N)c(C)n1-c1ccc(Cl)cc1Cl. The van der Waals surface area contributed by atoms with Crippen LogP contribution in [0.5, 0.6) is 0 Å². The summed E-state index contributed by atoms with van der Waals surface area (Å²) in [6.45, 7) is 3.87. The van der Waals surface area contributed by atoms with Crippen molar-refractivity contribution < 1.29 is 4.79 Å². The summed E-state index contributed by atoms with van der Waals surface area (Å²) in [4.78, 5) is 11.2. The second kappa shape index (κ2) is 7.32. The van der Waals surface area contributed by atoms with Gasteiger partial charge in [0.25, 0.3) is 5.91 Å². The van der Waals surface area contributed by atoms with E-state index in [1.165, 1.54) is 6.21 Å². The van der Waals surface area contributed by atoms with Crippen LogP contribution in [0.2, 0.25) is 10.0 Å². The smallest absolute Gasteiger partial charge is 0.254 e. The molecule has 0 spiro atoms. The number of rotatable bonds is 4. The molecular weight excluding hydrogens is 335 g/mol. The topological polar surface area (TPSA) is 70.2 Å². The lowest BCUT2D eigenvalue weighted by Gasteiger charge is -2.11. The van der Waals surface area contributed by atoms with Crippen molar-refractivity contribution in [3.8, 4) is 11.8 Å². The highest BCUT2D eigenvalue weighted by Crippen LogP contribution is 2.28. The van der Waals surface area contributed by atoms with E-state index in [0.717, 1.165) is 22.6 Å². The summed E-state index contributed by atoms with van der Waals surface area (Å²) in [5.41, 5.74) is 5.85. The summed E-state index contributed by atoms with van der Waals surface area (Å²) in [7, 11) is 0. The van der Waals surface area contributed by atoms with Gasteiger partial charge in [-0.25, -0.2) is 5.43 Å². The molecule has 1 amide bonds. The molecule has 23 heavy (non-hydrogen) atoms. The number of nitrogens with one attached hydrogen (secondary N) is 1. The van der Waals surface area contributed by atoms with Crippen molar-refractivity contribution in [2.45, 2.75) is 20.3 Å². The van der Waals surface area contributed by atoms with Gasteiger partial charge < -0.3 is 4.57 Å². The molecule has 1 heterocycles. The van der Waals surface area contributed by atoms with Crippen molar-refractivity contribution >= 4 is 35.3 Å². The van der Waals surface area contributed by atoms with Crippen LogP contribution < -0.4 is 5.43 Å². The molecule has 0 saturated heterocycles. The van der Waals surface area contributed by atoms with Gasteiger partial charge >= 0.3 is 0 Å². The van der Waals surface area contributed by atoms with E-state index in [0.29, 0.717) is 10.0 Å². The van der Waals surface area contributed by atoms with Crippen LogP contribution in [-0.4, -0.2) is 16.7 Å². The number of carbonyl (C=O) groups excluding carboxylic acids is 1. The molecule has 7 heteroatoms. The van der Waals surface area contributed by atoms with E-state index in [9.17, 15) is 4.79 Å². The minimum absolute atomic E-state index is 0.225. The standard InChI is InChI=1S/C16H14Cl2N4O/c1-10-7-12(9-20-21-16(23)5-6-19)11(2)22(10)15-4-3-13(17)8-14(15)18/h3-4,7-9H,5H2,1-2H3,(H,21,23)/b20-9-. The highest BCUT2D eigenvalue weighted by atomic mass is 35.5. The Bertz CT molecular complexity index is 818. The third-order valence-corrected chi connectivity index (χ3v) is 3.79. The predicted molar refractivity (Wildman–Crippen MR) is 91.2 cm³/mol. The first kappa shape index (κ1) is 17.1. The molecule has 1 aromatic heterocycles. The Morgan fingerprint density at radius 2 is 2.13 bits per heavy atom. The molecule has 5 nitrogen and oxygen atoms in total. The molecule has 0 fully saturated rings. The third-order valence-electron chi connectivity index (χ3n) is 3.25. The summed E-state index contributed by atoms with van der Waals surface area (Å²) in [5, 5.41) is 13.4. The molecule has 118 valence electrons. The summed E-state index contributed by atoms with van der Waals surface area (Å²) < 4.78 is 1.98. The Balaban J connectivity index is 2.31. The zero-order valence-corrected chi connectivity index (χ0v) is 14.1. The molecule has 0 saturated carbocycles. The molecule has 0 aliphatic carbocycles. The maximum absolute atomic E-state index is 11.2. The number of nitriles is 1. The Kier molecular flexibility index (Phi) is 5.43. The first-order chi connectivity index (χ1) is 10.9. The molecule has 1 N–H and O–H groups in total. The Labute approximate surface area is 144 Å². The molecule has 2 rings (SSSR count). The van der Waals surface area contributed by atoms with Crippen molar-refractivity contribution in [3.63, 3.8) is 0 Å². The van der Waals surface area contributed by atoms with Gasteiger partial charge in [-0.2, -0.15) is 10.4 Å². The summed E-state index contributed by atoms with van der Waals surface area (Å²) in [6.07, 6.45) is 1.31. The molecule has 0 unspecified atom stereocenters. The van der Waals surface area contributed by atoms with Crippen LogP contribution >= 0.6 is 23.2 Å². The van der Waals surface area contributed by atoms with Crippen LogP contribution in [0, 0.1) is 25.2 Å². The average molecular weight is 349 g/mol. The highest BCUT2D eigenvalue weighted by Gasteiger charge is 2.12. The fourth-order valence-electron chi connectivity index (χ4n) is 2.24. The first-order valence-corrected chi connectivity index (χ1v) is 7.53. The fourth-order valence-corrected chi connectivity index (χ4v) is 2.73. The minimum Gasteiger partial charge on any atom is -0.316 e. The van der Waals surface area contributed by atoms with Gasteiger partial charge in [-0.3, -0.25) is 4.79 Å². The van der Waals surface area contributed by atoms with Gasteiger partial charge in [0.2, 0.25) is 0 Å². The quantitative estimate of drug-likeness (QED) is 0.674. The minimum atomic E-state index is -0.446. The van der Waals surface area contributed by atoms with E-state index in [-0.39, 0.29) is 6.42 Å². The normalized spacial score (nSPS) is 10.7. The number of amides is 1. The zero-order chi connectivity index (χ0) is 17.0. The van der Waals surface area contributed by atoms with Crippen LogP contribution in [0.25, 0.3) is 5.69 Å². The molecule has 0 radical (unpaired) electrons. The maximum atomic E-state index is 11.2.